The lowest BCUT2D eigenvalue weighted by molar-refractivity contribution is 0.100. The predicted octanol–water partition coefficient (Wildman–Crippen LogP) is 2.56. The minimum absolute atomic E-state index is 0.264. The van der Waals surface area contributed by atoms with Gasteiger partial charge in [-0.25, -0.2) is 0 Å². The predicted molar refractivity (Wildman–Crippen MR) is 74.0 cm³/mol. The van der Waals surface area contributed by atoms with E-state index in [4.69, 9.17) is 10.5 Å². The molecule has 98 valence electrons. The molecule has 0 radical (unpaired) electrons. The molecule has 1 rings (SSSR count). The van der Waals surface area contributed by atoms with Crippen molar-refractivity contribution in [3.8, 4) is 5.75 Å². The van der Waals surface area contributed by atoms with Crippen LogP contribution in [0.3, 0.4) is 0 Å². The molecule has 1 atom stereocenters. The Morgan fingerprint density at radius 2 is 2.33 bits per heavy atom. The van der Waals surface area contributed by atoms with Gasteiger partial charge in [0.05, 0.1) is 12.8 Å². The van der Waals surface area contributed by atoms with Crippen LogP contribution in [0.25, 0.3) is 0 Å². The van der Waals surface area contributed by atoms with E-state index in [1.807, 2.05) is 6.08 Å². The topological polar surface area (TPSA) is 64.3 Å². The number of carbonyl (C=O) groups excluding carboxylic acids is 1. The highest BCUT2D eigenvalue weighted by molar-refractivity contribution is 5.94. The molecule has 0 heterocycles. The Hall–Kier alpha value is -1.97. The molecule has 18 heavy (non-hydrogen) atoms. The molecule has 1 amide bonds. The van der Waals surface area contributed by atoms with Crippen molar-refractivity contribution in [3.63, 3.8) is 0 Å². The van der Waals surface area contributed by atoms with E-state index in [-0.39, 0.29) is 6.04 Å². The SMILES string of the molecule is C=CCCC(C)Nc1cc(C(N)=O)ccc1OC. The first-order chi connectivity index (χ1) is 8.58. The number of hydrogen-bond donors (Lipinski definition) is 2. The van der Waals surface area contributed by atoms with Crippen LogP contribution in [0, 0.1) is 0 Å². The lowest BCUT2D eigenvalue weighted by Gasteiger charge is -2.17. The summed E-state index contributed by atoms with van der Waals surface area (Å²) < 4.78 is 5.25. The maximum atomic E-state index is 11.2. The molecule has 0 aromatic heterocycles. The molecule has 3 N–H and O–H groups in total. The van der Waals surface area contributed by atoms with Crippen molar-refractivity contribution < 1.29 is 9.53 Å². The normalized spacial score (nSPS) is 11.7. The average molecular weight is 248 g/mol. The number of primary amides is 1. The Bertz CT molecular complexity index is 430. The van der Waals surface area contributed by atoms with Gasteiger partial charge in [-0.15, -0.1) is 6.58 Å². The fourth-order valence-electron chi connectivity index (χ4n) is 1.68. The Balaban J connectivity index is 2.87. The third kappa shape index (κ3) is 3.80. The van der Waals surface area contributed by atoms with Crippen molar-refractivity contribution in [2.45, 2.75) is 25.8 Å². The molecule has 1 unspecified atom stereocenters. The summed E-state index contributed by atoms with van der Waals surface area (Å²) in [6.45, 7) is 5.77. The Morgan fingerprint density at radius 1 is 1.61 bits per heavy atom. The highest BCUT2D eigenvalue weighted by Crippen LogP contribution is 2.26. The van der Waals surface area contributed by atoms with Crippen molar-refractivity contribution in [2.24, 2.45) is 5.73 Å². The molecule has 0 saturated heterocycles. The van der Waals surface area contributed by atoms with Crippen LogP contribution in [0.1, 0.15) is 30.1 Å². The lowest BCUT2D eigenvalue weighted by Crippen LogP contribution is -2.17. The zero-order chi connectivity index (χ0) is 13.5. The quantitative estimate of drug-likeness (QED) is 0.729. The van der Waals surface area contributed by atoms with Crippen LogP contribution in [0.15, 0.2) is 30.9 Å². The summed E-state index contributed by atoms with van der Waals surface area (Å²) in [6, 6.07) is 5.37. The molecular formula is C14H20N2O2. The van der Waals surface area contributed by atoms with E-state index in [9.17, 15) is 4.79 Å². The minimum Gasteiger partial charge on any atom is -0.495 e. The van der Waals surface area contributed by atoms with E-state index in [2.05, 4.69) is 18.8 Å². The van der Waals surface area contributed by atoms with Gasteiger partial charge in [0.2, 0.25) is 5.91 Å². The van der Waals surface area contributed by atoms with E-state index in [1.54, 1.807) is 25.3 Å². The summed E-state index contributed by atoms with van der Waals surface area (Å²) in [5, 5.41) is 3.31. The number of benzene rings is 1. The zero-order valence-electron chi connectivity index (χ0n) is 10.9. The molecule has 4 heteroatoms. The summed E-state index contributed by atoms with van der Waals surface area (Å²) in [5.74, 6) is 0.255. The van der Waals surface area contributed by atoms with Gasteiger partial charge < -0.3 is 15.8 Å². The largest absolute Gasteiger partial charge is 0.495 e. The number of amides is 1. The Morgan fingerprint density at radius 3 is 2.89 bits per heavy atom. The number of nitrogens with one attached hydrogen (secondary N) is 1. The van der Waals surface area contributed by atoms with Gasteiger partial charge in [-0.1, -0.05) is 6.08 Å². The number of anilines is 1. The maximum absolute atomic E-state index is 11.2. The molecule has 0 bridgehead atoms. The van der Waals surface area contributed by atoms with Crippen LogP contribution in [-0.2, 0) is 0 Å². The van der Waals surface area contributed by atoms with Gasteiger partial charge in [-0.2, -0.15) is 0 Å². The number of hydrogen-bond acceptors (Lipinski definition) is 3. The van der Waals surface area contributed by atoms with Crippen LogP contribution in [-0.4, -0.2) is 19.1 Å². The number of carbonyl (C=O) groups is 1. The highest BCUT2D eigenvalue weighted by Gasteiger charge is 2.09. The van der Waals surface area contributed by atoms with E-state index < -0.39 is 5.91 Å². The third-order valence-corrected chi connectivity index (χ3v) is 2.69. The van der Waals surface area contributed by atoms with E-state index in [0.29, 0.717) is 11.3 Å². The number of methoxy groups -OCH3 is 1. The van der Waals surface area contributed by atoms with Crippen LogP contribution in [0.2, 0.25) is 0 Å². The van der Waals surface area contributed by atoms with Gasteiger partial charge in [-0.3, -0.25) is 4.79 Å². The fraction of sp³-hybridized carbons (Fsp3) is 0.357. The second kappa shape index (κ2) is 6.69. The van der Waals surface area contributed by atoms with E-state index >= 15 is 0 Å². The third-order valence-electron chi connectivity index (χ3n) is 2.69. The van der Waals surface area contributed by atoms with Gasteiger partial charge in [0.15, 0.2) is 0 Å². The molecule has 0 spiro atoms. The number of allylic oxidation sites excluding steroid dienone is 1. The summed E-state index contributed by atoms with van der Waals surface area (Å²) in [4.78, 5) is 11.2. The van der Waals surface area contributed by atoms with Crippen molar-refractivity contribution in [3.05, 3.63) is 36.4 Å². The summed E-state index contributed by atoms with van der Waals surface area (Å²) in [5.41, 5.74) is 6.51. The lowest BCUT2D eigenvalue weighted by atomic mass is 10.1. The van der Waals surface area contributed by atoms with Crippen LogP contribution in [0.5, 0.6) is 5.75 Å². The highest BCUT2D eigenvalue weighted by atomic mass is 16.5. The van der Waals surface area contributed by atoms with Gasteiger partial charge in [0.25, 0.3) is 0 Å². The van der Waals surface area contributed by atoms with Crippen molar-refractivity contribution in [1.29, 1.82) is 0 Å². The van der Waals surface area contributed by atoms with Gasteiger partial charge in [0, 0.05) is 11.6 Å². The molecule has 0 aliphatic carbocycles. The monoisotopic (exact) mass is 248 g/mol. The molecule has 1 aromatic carbocycles. The summed E-state index contributed by atoms with van der Waals surface area (Å²) >= 11 is 0. The standard InChI is InChI=1S/C14H20N2O2/c1-4-5-6-10(2)16-12-9-11(14(15)17)7-8-13(12)18-3/h4,7-10,16H,1,5-6H2,2-3H3,(H2,15,17). The Kier molecular flexibility index (Phi) is 5.24. The molecule has 0 saturated carbocycles. The van der Waals surface area contributed by atoms with E-state index in [0.717, 1.165) is 18.5 Å². The minimum atomic E-state index is -0.445. The van der Waals surface area contributed by atoms with Crippen molar-refractivity contribution in [1.82, 2.24) is 0 Å². The van der Waals surface area contributed by atoms with Crippen LogP contribution < -0.4 is 15.8 Å². The zero-order valence-corrected chi connectivity index (χ0v) is 10.9. The molecular weight excluding hydrogens is 228 g/mol. The molecule has 0 aliphatic rings. The second-order valence-corrected chi connectivity index (χ2v) is 4.19. The van der Waals surface area contributed by atoms with Crippen LogP contribution >= 0.6 is 0 Å². The smallest absolute Gasteiger partial charge is 0.248 e. The molecule has 4 nitrogen and oxygen atoms in total. The number of ether oxygens (including phenoxy) is 1. The van der Waals surface area contributed by atoms with E-state index in [1.165, 1.54) is 0 Å². The maximum Gasteiger partial charge on any atom is 0.248 e. The molecule has 1 aromatic rings. The number of nitrogens with two attached hydrogens (primary N) is 1. The first kappa shape index (κ1) is 14.1. The first-order valence-corrected chi connectivity index (χ1v) is 5.93. The number of rotatable bonds is 7. The summed E-state index contributed by atoms with van der Waals surface area (Å²) in [6.07, 6.45) is 3.79. The molecule has 0 fully saturated rings. The Labute approximate surface area is 108 Å². The second-order valence-electron chi connectivity index (χ2n) is 4.19. The fourth-order valence-corrected chi connectivity index (χ4v) is 1.68. The average Bonchev–Trinajstić information content (AvgIpc) is 2.36. The van der Waals surface area contributed by atoms with Crippen molar-refractivity contribution >= 4 is 11.6 Å². The van der Waals surface area contributed by atoms with Crippen LogP contribution in [0.4, 0.5) is 5.69 Å². The summed E-state index contributed by atoms with van der Waals surface area (Å²) in [7, 11) is 1.60. The van der Waals surface area contributed by atoms with Gasteiger partial charge in [-0.05, 0) is 38.0 Å². The van der Waals surface area contributed by atoms with Gasteiger partial charge >= 0.3 is 0 Å². The molecule has 0 aliphatic heterocycles. The van der Waals surface area contributed by atoms with Gasteiger partial charge in [0.1, 0.15) is 5.75 Å². The first-order valence-electron chi connectivity index (χ1n) is 5.93. The van der Waals surface area contributed by atoms with Crippen molar-refractivity contribution in [2.75, 3.05) is 12.4 Å².